The normalized spacial score (nSPS) is 15.2. The van der Waals surface area contributed by atoms with E-state index in [1.165, 1.54) is 7.05 Å². The minimum atomic E-state index is -3.44. The summed E-state index contributed by atoms with van der Waals surface area (Å²) >= 11 is 3.36. The second kappa shape index (κ2) is 8.31. The maximum absolute atomic E-state index is 12.2. The number of carbonyl (C=O) groups is 2. The Hall–Kier alpha value is -1.41. The topological polar surface area (TPSA) is 83.6 Å². The average Bonchev–Trinajstić information content (AvgIpc) is 3.05. The van der Waals surface area contributed by atoms with Crippen LogP contribution in [0.5, 0.6) is 0 Å². The summed E-state index contributed by atoms with van der Waals surface area (Å²) in [6, 6.07) is 5.45. The van der Waals surface area contributed by atoms with E-state index in [0.717, 1.165) is 27.8 Å². The third-order valence-electron chi connectivity index (χ3n) is 4.40. The van der Waals surface area contributed by atoms with Crippen LogP contribution in [0.15, 0.2) is 22.7 Å². The molecular weight excluding hydrogens is 408 g/mol. The van der Waals surface area contributed by atoms with Gasteiger partial charge in [-0.15, -0.1) is 0 Å². The van der Waals surface area contributed by atoms with E-state index >= 15 is 0 Å². The van der Waals surface area contributed by atoms with Gasteiger partial charge in [-0.05, 0) is 43.5 Å². The van der Waals surface area contributed by atoms with Crippen molar-refractivity contribution in [1.82, 2.24) is 4.90 Å². The van der Waals surface area contributed by atoms with Crippen molar-refractivity contribution >= 4 is 43.3 Å². The molecule has 0 unspecified atom stereocenters. The number of carbonyl (C=O) groups excluding carboxylic acids is 2. The molecule has 6 nitrogen and oxygen atoms in total. The monoisotopic (exact) mass is 430 g/mol. The first-order valence-corrected chi connectivity index (χ1v) is 10.7. The van der Waals surface area contributed by atoms with Crippen LogP contribution < -0.4 is 5.32 Å². The molecule has 2 rings (SSSR count). The van der Waals surface area contributed by atoms with E-state index in [0.29, 0.717) is 18.5 Å². The Morgan fingerprint density at radius 2 is 1.92 bits per heavy atom. The molecule has 0 saturated heterocycles. The molecule has 1 aromatic carbocycles. The second-order valence-electron chi connectivity index (χ2n) is 6.47. The summed E-state index contributed by atoms with van der Waals surface area (Å²) in [5.41, 5.74) is 1.55. The number of halogens is 1. The Bertz CT molecular complexity index is 758. The smallest absolute Gasteiger partial charge is 0.243 e. The molecule has 0 aliphatic heterocycles. The Morgan fingerprint density at radius 1 is 1.28 bits per heavy atom. The minimum absolute atomic E-state index is 0.186. The summed E-state index contributed by atoms with van der Waals surface area (Å²) < 4.78 is 25.4. The molecule has 1 fully saturated rings. The van der Waals surface area contributed by atoms with Crippen molar-refractivity contribution in [2.45, 2.75) is 37.9 Å². The van der Waals surface area contributed by atoms with Crippen molar-refractivity contribution in [3.63, 3.8) is 0 Å². The fourth-order valence-electron chi connectivity index (χ4n) is 2.91. The molecule has 1 aromatic rings. The minimum Gasteiger partial charge on any atom is -0.336 e. The van der Waals surface area contributed by atoms with Gasteiger partial charge >= 0.3 is 0 Å². The molecule has 0 aromatic heterocycles. The molecule has 0 heterocycles. The van der Waals surface area contributed by atoms with Gasteiger partial charge in [-0.1, -0.05) is 28.8 Å². The molecule has 0 radical (unpaired) electrons. The van der Waals surface area contributed by atoms with E-state index in [2.05, 4.69) is 21.2 Å². The highest BCUT2D eigenvalue weighted by molar-refractivity contribution is 9.10. The molecule has 138 valence electrons. The van der Waals surface area contributed by atoms with E-state index in [4.69, 9.17) is 0 Å². The molecule has 8 heteroatoms. The van der Waals surface area contributed by atoms with Gasteiger partial charge in [0.1, 0.15) is 5.75 Å². The third-order valence-corrected chi connectivity index (χ3v) is 7.03. The van der Waals surface area contributed by atoms with Gasteiger partial charge in [-0.25, -0.2) is 8.42 Å². The van der Waals surface area contributed by atoms with Crippen molar-refractivity contribution < 1.29 is 18.0 Å². The lowest BCUT2D eigenvalue weighted by atomic mass is 10.2. The second-order valence-corrected chi connectivity index (χ2v) is 9.67. The molecule has 2 amide bonds. The van der Waals surface area contributed by atoms with E-state index < -0.39 is 26.7 Å². The first kappa shape index (κ1) is 19.9. The van der Waals surface area contributed by atoms with Crippen LogP contribution in [0, 0.1) is 6.92 Å². The fourth-order valence-corrected chi connectivity index (χ4v) is 5.24. The van der Waals surface area contributed by atoms with Crippen molar-refractivity contribution in [3.8, 4) is 0 Å². The van der Waals surface area contributed by atoms with Crippen LogP contribution in [0.2, 0.25) is 0 Å². The number of nitrogens with one attached hydrogen (secondary N) is 1. The van der Waals surface area contributed by atoms with Crippen molar-refractivity contribution in [2.24, 2.45) is 0 Å². The summed E-state index contributed by atoms with van der Waals surface area (Å²) in [6.07, 6.45) is 3.04. The van der Waals surface area contributed by atoms with E-state index in [1.807, 2.05) is 19.1 Å². The maximum Gasteiger partial charge on any atom is 0.243 e. The van der Waals surface area contributed by atoms with Gasteiger partial charge in [0.25, 0.3) is 0 Å². The predicted octanol–water partition coefficient (Wildman–Crippen LogP) is 2.51. The Morgan fingerprint density at radius 3 is 2.52 bits per heavy atom. The number of rotatable bonds is 6. The van der Waals surface area contributed by atoms with Crippen LogP contribution in [0.4, 0.5) is 5.69 Å². The van der Waals surface area contributed by atoms with Gasteiger partial charge in [0, 0.05) is 17.2 Å². The first-order chi connectivity index (χ1) is 11.7. The van der Waals surface area contributed by atoms with Crippen molar-refractivity contribution in [3.05, 3.63) is 28.2 Å². The summed E-state index contributed by atoms with van der Waals surface area (Å²) in [5.74, 6) is -1.44. The lowest BCUT2D eigenvalue weighted by molar-refractivity contribution is -0.131. The van der Waals surface area contributed by atoms with E-state index in [1.54, 1.807) is 6.07 Å². The van der Waals surface area contributed by atoms with Crippen LogP contribution in [0.3, 0.4) is 0 Å². The van der Waals surface area contributed by atoms with Gasteiger partial charge in [0.2, 0.25) is 11.8 Å². The largest absolute Gasteiger partial charge is 0.336 e. The summed E-state index contributed by atoms with van der Waals surface area (Å²) in [5, 5.41) is 2.33. The number of hydrogen-bond donors (Lipinski definition) is 1. The third kappa shape index (κ3) is 5.54. The zero-order valence-electron chi connectivity index (χ0n) is 14.4. The van der Waals surface area contributed by atoms with Crippen LogP contribution >= 0.6 is 15.9 Å². The average molecular weight is 431 g/mol. The molecule has 1 N–H and O–H groups in total. The number of benzene rings is 1. The lowest BCUT2D eigenvalue weighted by Crippen LogP contribution is -2.39. The highest BCUT2D eigenvalue weighted by Gasteiger charge is 2.31. The zero-order valence-corrected chi connectivity index (χ0v) is 16.8. The van der Waals surface area contributed by atoms with Gasteiger partial charge in [-0.2, -0.15) is 0 Å². The van der Waals surface area contributed by atoms with Gasteiger partial charge in [0.05, 0.1) is 11.8 Å². The summed E-state index contributed by atoms with van der Waals surface area (Å²) in [6.45, 7) is 1.68. The summed E-state index contributed by atoms with van der Waals surface area (Å²) in [4.78, 5) is 25.5. The number of likely N-dealkylation sites (N-methyl/N-ethyl adjacent to an activating group) is 1. The predicted molar refractivity (Wildman–Crippen MR) is 101 cm³/mol. The van der Waals surface area contributed by atoms with Gasteiger partial charge in [-0.3, -0.25) is 9.59 Å². The quantitative estimate of drug-likeness (QED) is 0.751. The van der Waals surface area contributed by atoms with Gasteiger partial charge in [0.15, 0.2) is 9.84 Å². The number of aryl methyl sites for hydroxylation is 1. The van der Waals surface area contributed by atoms with Crippen molar-refractivity contribution in [1.29, 1.82) is 0 Å². The number of amides is 2. The molecule has 1 aliphatic carbocycles. The fraction of sp³-hybridized carbons (Fsp3) is 0.529. The molecule has 0 spiro atoms. The molecule has 1 saturated carbocycles. The SMILES string of the molecule is Cc1cc(Br)ccc1NC(=O)CN(C)C(=O)CS(=O)(=O)C1CCCC1. The Balaban J connectivity index is 1.90. The number of anilines is 1. The molecule has 0 bridgehead atoms. The number of nitrogens with zero attached hydrogens (tertiary/aromatic N) is 1. The maximum atomic E-state index is 12.2. The first-order valence-electron chi connectivity index (χ1n) is 8.20. The van der Waals surface area contributed by atoms with E-state index in [9.17, 15) is 18.0 Å². The highest BCUT2D eigenvalue weighted by atomic mass is 79.9. The van der Waals surface area contributed by atoms with Crippen LogP contribution in [-0.2, 0) is 19.4 Å². The van der Waals surface area contributed by atoms with E-state index in [-0.39, 0.29) is 12.5 Å². The molecular formula is C17H23BrN2O4S. The summed E-state index contributed by atoms with van der Waals surface area (Å²) in [7, 11) is -1.99. The molecule has 1 aliphatic rings. The number of hydrogen-bond acceptors (Lipinski definition) is 4. The molecule has 0 atom stereocenters. The van der Waals surface area contributed by atoms with Gasteiger partial charge < -0.3 is 10.2 Å². The zero-order chi connectivity index (χ0) is 18.6. The Labute approximate surface area is 157 Å². The van der Waals surface area contributed by atoms with Crippen LogP contribution in [0.25, 0.3) is 0 Å². The highest BCUT2D eigenvalue weighted by Crippen LogP contribution is 2.25. The standard InChI is InChI=1S/C17H23BrN2O4S/c1-12-9-13(18)7-8-15(12)19-16(21)10-20(2)17(22)11-25(23,24)14-5-3-4-6-14/h7-9,14H,3-6,10-11H2,1-2H3,(H,19,21). The molecule has 25 heavy (non-hydrogen) atoms. The van der Waals surface area contributed by atoms with Crippen molar-refractivity contribution in [2.75, 3.05) is 24.7 Å². The number of sulfone groups is 1. The van der Waals surface area contributed by atoms with Crippen LogP contribution in [0.1, 0.15) is 31.2 Å². The lowest BCUT2D eigenvalue weighted by Gasteiger charge is -2.19. The Kier molecular flexibility index (Phi) is 6.62. The van der Waals surface area contributed by atoms with Crippen LogP contribution in [-0.4, -0.2) is 49.7 Å².